The summed E-state index contributed by atoms with van der Waals surface area (Å²) >= 11 is 5.13. The SMILES string of the molecule is Cc1nnc(N2CCCC2CO)c(C(N)=S)c1C. The van der Waals surface area contributed by atoms with E-state index in [1.807, 2.05) is 13.8 Å². The van der Waals surface area contributed by atoms with E-state index in [0.717, 1.165) is 36.2 Å². The molecule has 0 aromatic carbocycles. The van der Waals surface area contributed by atoms with Crippen LogP contribution in [0.2, 0.25) is 0 Å². The molecule has 0 spiro atoms. The molecule has 2 heterocycles. The molecule has 98 valence electrons. The minimum absolute atomic E-state index is 0.0921. The highest BCUT2D eigenvalue weighted by Gasteiger charge is 2.28. The van der Waals surface area contributed by atoms with Crippen molar-refractivity contribution in [1.29, 1.82) is 0 Å². The van der Waals surface area contributed by atoms with Crippen LogP contribution in [0, 0.1) is 13.8 Å². The summed E-state index contributed by atoms with van der Waals surface area (Å²) in [6.45, 7) is 4.82. The molecule has 5 nitrogen and oxygen atoms in total. The number of nitrogens with two attached hydrogens (primary N) is 1. The van der Waals surface area contributed by atoms with Gasteiger partial charge in [0.15, 0.2) is 5.82 Å². The number of nitrogens with zero attached hydrogens (tertiary/aromatic N) is 3. The van der Waals surface area contributed by atoms with Crippen molar-refractivity contribution in [2.24, 2.45) is 5.73 Å². The third-order valence-corrected chi connectivity index (χ3v) is 3.75. The molecule has 0 amide bonds. The maximum Gasteiger partial charge on any atom is 0.162 e. The van der Waals surface area contributed by atoms with Crippen molar-refractivity contribution in [2.75, 3.05) is 18.1 Å². The number of aromatic nitrogens is 2. The number of aliphatic hydroxyl groups excluding tert-OH is 1. The lowest BCUT2D eigenvalue weighted by atomic mass is 10.1. The fraction of sp³-hybridized carbons (Fsp3) is 0.583. The van der Waals surface area contributed by atoms with Gasteiger partial charge in [-0.1, -0.05) is 12.2 Å². The van der Waals surface area contributed by atoms with Crippen molar-refractivity contribution >= 4 is 23.0 Å². The lowest BCUT2D eigenvalue weighted by molar-refractivity contribution is 0.266. The third-order valence-electron chi connectivity index (χ3n) is 3.54. The Kier molecular flexibility index (Phi) is 3.77. The number of rotatable bonds is 3. The first-order valence-corrected chi connectivity index (χ1v) is 6.48. The predicted octanol–water partition coefficient (Wildman–Crippen LogP) is 0.689. The first-order valence-electron chi connectivity index (χ1n) is 6.07. The molecule has 1 aliphatic rings. The number of anilines is 1. The van der Waals surface area contributed by atoms with Crippen LogP contribution in [0.25, 0.3) is 0 Å². The van der Waals surface area contributed by atoms with Gasteiger partial charge in [0.1, 0.15) is 4.99 Å². The van der Waals surface area contributed by atoms with Gasteiger partial charge < -0.3 is 15.7 Å². The number of aryl methyl sites for hydroxylation is 1. The fourth-order valence-corrected chi connectivity index (χ4v) is 2.64. The first kappa shape index (κ1) is 13.2. The van der Waals surface area contributed by atoms with Gasteiger partial charge in [-0.05, 0) is 32.3 Å². The van der Waals surface area contributed by atoms with Crippen molar-refractivity contribution in [3.63, 3.8) is 0 Å². The van der Waals surface area contributed by atoms with Crippen LogP contribution in [-0.4, -0.2) is 39.5 Å². The van der Waals surface area contributed by atoms with Crippen molar-refractivity contribution in [3.8, 4) is 0 Å². The van der Waals surface area contributed by atoms with Gasteiger partial charge in [0.05, 0.1) is 23.9 Å². The summed E-state index contributed by atoms with van der Waals surface area (Å²) in [5.74, 6) is 0.710. The molecule has 1 atom stereocenters. The summed E-state index contributed by atoms with van der Waals surface area (Å²) in [6, 6.07) is 0.0921. The molecule has 2 rings (SSSR count). The van der Waals surface area contributed by atoms with Crippen molar-refractivity contribution < 1.29 is 5.11 Å². The van der Waals surface area contributed by atoms with Crippen LogP contribution in [-0.2, 0) is 0 Å². The average molecular weight is 266 g/mol. The highest BCUT2D eigenvalue weighted by Crippen LogP contribution is 2.28. The summed E-state index contributed by atoms with van der Waals surface area (Å²) in [7, 11) is 0. The zero-order valence-corrected chi connectivity index (χ0v) is 11.5. The van der Waals surface area contributed by atoms with Crippen LogP contribution in [0.3, 0.4) is 0 Å². The highest BCUT2D eigenvalue weighted by atomic mass is 32.1. The molecule has 3 N–H and O–H groups in total. The molecule has 1 aromatic heterocycles. The van der Waals surface area contributed by atoms with Gasteiger partial charge in [0, 0.05) is 6.54 Å². The molecule has 0 radical (unpaired) electrons. The largest absolute Gasteiger partial charge is 0.394 e. The van der Waals surface area contributed by atoms with Crippen molar-refractivity contribution in [3.05, 3.63) is 16.8 Å². The van der Waals surface area contributed by atoms with Gasteiger partial charge in [0.25, 0.3) is 0 Å². The van der Waals surface area contributed by atoms with Crippen molar-refractivity contribution in [1.82, 2.24) is 10.2 Å². The van der Waals surface area contributed by atoms with E-state index in [0.29, 0.717) is 10.8 Å². The average Bonchev–Trinajstić information content (AvgIpc) is 2.79. The van der Waals surface area contributed by atoms with Crippen LogP contribution in [0.1, 0.15) is 29.7 Å². The quantitative estimate of drug-likeness (QED) is 0.784. The van der Waals surface area contributed by atoms with E-state index in [9.17, 15) is 5.11 Å². The Hall–Kier alpha value is -1.27. The first-order chi connectivity index (χ1) is 8.56. The van der Waals surface area contributed by atoms with Gasteiger partial charge in [-0.2, -0.15) is 5.10 Å². The molecule has 1 fully saturated rings. The molecule has 6 heteroatoms. The number of aliphatic hydroxyl groups is 1. The highest BCUT2D eigenvalue weighted by molar-refractivity contribution is 7.80. The van der Waals surface area contributed by atoms with Crippen LogP contribution in [0.15, 0.2) is 0 Å². The van der Waals surface area contributed by atoms with E-state index < -0.39 is 0 Å². The molecular formula is C12H18N4OS. The van der Waals surface area contributed by atoms with Crippen LogP contribution < -0.4 is 10.6 Å². The van der Waals surface area contributed by atoms with E-state index in [4.69, 9.17) is 18.0 Å². The molecule has 0 bridgehead atoms. The molecule has 0 saturated carbocycles. The van der Waals surface area contributed by atoms with Gasteiger partial charge >= 0.3 is 0 Å². The Morgan fingerprint density at radius 2 is 2.22 bits per heavy atom. The molecular weight excluding hydrogens is 248 g/mol. The topological polar surface area (TPSA) is 75.3 Å². The normalized spacial score (nSPS) is 19.3. The number of thiocarbonyl (C=S) groups is 1. The summed E-state index contributed by atoms with van der Waals surface area (Å²) in [6.07, 6.45) is 2.00. The fourth-order valence-electron chi connectivity index (χ4n) is 2.40. The van der Waals surface area contributed by atoms with E-state index >= 15 is 0 Å². The Balaban J connectivity index is 2.50. The summed E-state index contributed by atoms with van der Waals surface area (Å²) in [5.41, 5.74) is 8.41. The van der Waals surface area contributed by atoms with Gasteiger partial charge in [-0.25, -0.2) is 0 Å². The summed E-state index contributed by atoms with van der Waals surface area (Å²) in [4.78, 5) is 2.40. The molecule has 1 aliphatic heterocycles. The lowest BCUT2D eigenvalue weighted by Gasteiger charge is -2.26. The third kappa shape index (κ3) is 2.18. The van der Waals surface area contributed by atoms with E-state index in [-0.39, 0.29) is 12.6 Å². The van der Waals surface area contributed by atoms with Gasteiger partial charge in [-0.15, -0.1) is 5.10 Å². The standard InChI is InChI=1S/C12H18N4OS/c1-7-8(2)14-15-12(10(7)11(13)18)16-5-3-4-9(16)6-17/h9,17H,3-6H2,1-2H3,(H2,13,18). The maximum atomic E-state index is 9.40. The van der Waals surface area contributed by atoms with Crippen LogP contribution in [0.4, 0.5) is 5.82 Å². The Morgan fingerprint density at radius 3 is 2.83 bits per heavy atom. The minimum Gasteiger partial charge on any atom is -0.394 e. The Labute approximate surface area is 112 Å². The van der Waals surface area contributed by atoms with Gasteiger partial charge in [0.2, 0.25) is 0 Å². The predicted molar refractivity (Wildman–Crippen MR) is 74.8 cm³/mol. The maximum absolute atomic E-state index is 9.40. The lowest BCUT2D eigenvalue weighted by Crippen LogP contribution is -2.35. The smallest absolute Gasteiger partial charge is 0.162 e. The molecule has 1 saturated heterocycles. The molecule has 1 unspecified atom stereocenters. The van der Waals surface area contributed by atoms with E-state index in [1.54, 1.807) is 0 Å². The summed E-state index contributed by atoms with van der Waals surface area (Å²) in [5, 5.41) is 17.8. The van der Waals surface area contributed by atoms with Gasteiger partial charge in [-0.3, -0.25) is 0 Å². The summed E-state index contributed by atoms with van der Waals surface area (Å²) < 4.78 is 0. The van der Waals surface area contributed by atoms with E-state index in [2.05, 4.69) is 15.1 Å². The minimum atomic E-state index is 0.0921. The zero-order chi connectivity index (χ0) is 13.3. The number of hydrogen-bond acceptors (Lipinski definition) is 5. The zero-order valence-electron chi connectivity index (χ0n) is 10.7. The van der Waals surface area contributed by atoms with Crippen LogP contribution in [0.5, 0.6) is 0 Å². The van der Waals surface area contributed by atoms with Crippen molar-refractivity contribution in [2.45, 2.75) is 32.7 Å². The molecule has 1 aromatic rings. The molecule has 0 aliphatic carbocycles. The molecule has 18 heavy (non-hydrogen) atoms. The second-order valence-electron chi connectivity index (χ2n) is 4.65. The Bertz CT molecular complexity index is 477. The van der Waals surface area contributed by atoms with Crippen LogP contribution >= 0.6 is 12.2 Å². The second kappa shape index (κ2) is 5.16. The monoisotopic (exact) mass is 266 g/mol. The second-order valence-corrected chi connectivity index (χ2v) is 5.09. The number of hydrogen-bond donors (Lipinski definition) is 2. The Morgan fingerprint density at radius 1 is 1.50 bits per heavy atom. The van der Waals surface area contributed by atoms with E-state index in [1.165, 1.54) is 0 Å².